The predicted molar refractivity (Wildman–Crippen MR) is 131 cm³/mol. The number of nitrogens with one attached hydrogen (secondary N) is 2. The largest absolute Gasteiger partial charge is 0.861 e. The number of rotatable bonds is 7. The molecule has 1 heterocycles. The molecule has 202 valence electrons. The van der Waals surface area contributed by atoms with Gasteiger partial charge in [0.15, 0.2) is 6.04 Å². The van der Waals surface area contributed by atoms with Gasteiger partial charge in [-0.15, -0.1) is 0 Å². The fourth-order valence-electron chi connectivity index (χ4n) is 4.42. The van der Waals surface area contributed by atoms with Crippen molar-refractivity contribution >= 4 is 29.2 Å². The first-order chi connectivity index (χ1) is 18.1. The maximum absolute atomic E-state index is 13.5. The summed E-state index contributed by atoms with van der Waals surface area (Å²) in [6, 6.07) is 9.05. The van der Waals surface area contributed by atoms with Crippen molar-refractivity contribution in [3.8, 4) is 0 Å². The highest BCUT2D eigenvalue weighted by Crippen LogP contribution is 2.34. The van der Waals surface area contributed by atoms with E-state index in [1.54, 1.807) is 16.8 Å². The van der Waals surface area contributed by atoms with E-state index in [1.807, 2.05) is 19.1 Å². The molecule has 4 rings (SSSR count). The van der Waals surface area contributed by atoms with Crippen LogP contribution >= 0.6 is 0 Å². The number of carbonyl (C=O) groups is 1. The SMILES string of the molecule is Cc1ccccc1CC([O-])=Nc1cc(NC(=O)Nc2c[n+](C3CCC(CO)CC3)no2)cc(C(F)(F)F)c1. The standard InChI is InChI=1S/C26H28F3N5O4/c1-16-4-2-3-5-18(16)10-23(36)30-20-11-19(26(27,28)29)12-21(13-20)31-25(37)32-24-14-34(33-38-24)22-8-6-17(15-35)7-9-22/h2-5,11-14,17,22,35H,6-10,15H2,1H3,(H2-,30,31,32,33,36,37). The quantitative estimate of drug-likeness (QED) is 0.238. The zero-order chi connectivity index (χ0) is 27.3. The van der Waals surface area contributed by atoms with E-state index in [9.17, 15) is 28.2 Å². The third kappa shape index (κ3) is 7.09. The molecule has 1 aromatic heterocycles. The molecule has 0 aliphatic heterocycles. The molecule has 38 heavy (non-hydrogen) atoms. The minimum absolute atomic E-state index is 0.0112. The number of benzene rings is 2. The van der Waals surface area contributed by atoms with Gasteiger partial charge in [-0.3, -0.25) is 14.8 Å². The van der Waals surface area contributed by atoms with E-state index in [-0.39, 0.29) is 42.2 Å². The van der Waals surface area contributed by atoms with Crippen LogP contribution in [0.1, 0.15) is 48.4 Å². The van der Waals surface area contributed by atoms with Crippen LogP contribution in [0.25, 0.3) is 0 Å². The molecule has 3 N–H and O–H groups in total. The number of amides is 2. The normalized spacial score (nSPS) is 18.3. The first-order valence-corrected chi connectivity index (χ1v) is 12.2. The predicted octanol–water partition coefficient (Wildman–Crippen LogP) is 4.29. The zero-order valence-corrected chi connectivity index (χ0v) is 20.7. The van der Waals surface area contributed by atoms with Crippen LogP contribution in [-0.2, 0) is 12.6 Å². The summed E-state index contributed by atoms with van der Waals surface area (Å²) in [6.45, 7) is 1.97. The summed E-state index contributed by atoms with van der Waals surface area (Å²) in [5.74, 6) is -0.339. The second-order valence-electron chi connectivity index (χ2n) is 9.36. The van der Waals surface area contributed by atoms with Crippen LogP contribution in [0.3, 0.4) is 0 Å². The molecule has 0 saturated heterocycles. The van der Waals surface area contributed by atoms with Crippen LogP contribution < -0.4 is 20.4 Å². The zero-order valence-electron chi connectivity index (χ0n) is 20.7. The Kier molecular flexibility index (Phi) is 8.30. The number of aryl methyl sites for hydroxylation is 1. The molecule has 2 aromatic carbocycles. The summed E-state index contributed by atoms with van der Waals surface area (Å²) in [4.78, 5) is 16.3. The number of aromatic nitrogens is 2. The number of hydrogen-bond acceptors (Lipinski definition) is 6. The van der Waals surface area contributed by atoms with Gasteiger partial charge in [0, 0.05) is 31.6 Å². The minimum atomic E-state index is -4.72. The van der Waals surface area contributed by atoms with Crippen molar-refractivity contribution in [2.45, 2.75) is 51.2 Å². The Labute approximate surface area is 217 Å². The molecule has 0 unspecified atom stereocenters. The molecule has 3 aromatic rings. The van der Waals surface area contributed by atoms with Gasteiger partial charge in [-0.2, -0.15) is 13.2 Å². The molecule has 1 aliphatic rings. The monoisotopic (exact) mass is 531 g/mol. The van der Waals surface area contributed by atoms with Gasteiger partial charge in [-0.25, -0.2) is 4.79 Å². The van der Waals surface area contributed by atoms with E-state index >= 15 is 0 Å². The third-order valence-corrected chi connectivity index (χ3v) is 6.53. The number of nitrogens with zero attached hydrogens (tertiary/aromatic N) is 3. The van der Waals surface area contributed by atoms with Crippen molar-refractivity contribution < 1.29 is 37.4 Å². The highest BCUT2D eigenvalue weighted by Gasteiger charge is 2.32. The summed E-state index contributed by atoms with van der Waals surface area (Å²) in [5.41, 5.74) is 0.0929. The fraction of sp³-hybridized carbons (Fsp3) is 0.385. The summed E-state index contributed by atoms with van der Waals surface area (Å²) in [5, 5.41) is 30.4. The van der Waals surface area contributed by atoms with Crippen LogP contribution in [0.2, 0.25) is 0 Å². The Balaban J connectivity index is 1.46. The van der Waals surface area contributed by atoms with E-state index in [0.29, 0.717) is 0 Å². The molecular weight excluding hydrogens is 503 g/mol. The Hall–Kier alpha value is -3.93. The fourth-order valence-corrected chi connectivity index (χ4v) is 4.42. The van der Waals surface area contributed by atoms with Gasteiger partial charge in [-0.05, 0) is 65.6 Å². The second-order valence-corrected chi connectivity index (χ2v) is 9.36. The second kappa shape index (κ2) is 11.6. The van der Waals surface area contributed by atoms with Gasteiger partial charge < -0.3 is 15.5 Å². The molecule has 0 radical (unpaired) electrons. The topological polar surface area (TPSA) is 127 Å². The molecule has 1 fully saturated rings. The number of anilines is 2. The van der Waals surface area contributed by atoms with Gasteiger partial charge in [-0.1, -0.05) is 24.3 Å². The number of aliphatic hydroxyl groups is 1. The van der Waals surface area contributed by atoms with Crippen LogP contribution in [0.4, 0.5) is 35.2 Å². The first kappa shape index (κ1) is 27.1. The smallest absolute Gasteiger partial charge is 0.416 e. The van der Waals surface area contributed by atoms with E-state index in [4.69, 9.17) is 4.52 Å². The van der Waals surface area contributed by atoms with E-state index in [2.05, 4.69) is 20.9 Å². The lowest BCUT2D eigenvalue weighted by Crippen LogP contribution is -2.42. The van der Waals surface area contributed by atoms with Gasteiger partial charge in [0.1, 0.15) is 0 Å². The molecule has 0 atom stereocenters. The molecule has 0 bridgehead atoms. The van der Waals surface area contributed by atoms with E-state index in [0.717, 1.165) is 48.9 Å². The molecule has 2 amide bonds. The van der Waals surface area contributed by atoms with Crippen molar-refractivity contribution in [2.24, 2.45) is 10.9 Å². The Morgan fingerprint density at radius 3 is 2.61 bits per heavy atom. The van der Waals surface area contributed by atoms with E-state index < -0.39 is 23.7 Å². The Morgan fingerprint density at radius 1 is 1.18 bits per heavy atom. The highest BCUT2D eigenvalue weighted by atomic mass is 19.4. The molecule has 1 saturated carbocycles. The summed E-state index contributed by atoms with van der Waals surface area (Å²) in [6.07, 6.45) is 0.00454. The number of hydrogen-bond donors (Lipinski definition) is 3. The number of urea groups is 1. The van der Waals surface area contributed by atoms with Crippen molar-refractivity contribution in [3.63, 3.8) is 0 Å². The summed E-state index contributed by atoms with van der Waals surface area (Å²) in [7, 11) is 0. The summed E-state index contributed by atoms with van der Waals surface area (Å²) < 4.78 is 47.2. The number of alkyl halides is 3. The van der Waals surface area contributed by atoms with Crippen molar-refractivity contribution in [2.75, 3.05) is 17.2 Å². The Bertz CT molecular complexity index is 1300. The van der Waals surface area contributed by atoms with Crippen molar-refractivity contribution in [1.82, 2.24) is 5.27 Å². The van der Waals surface area contributed by atoms with Gasteiger partial charge in [0.05, 0.1) is 11.3 Å². The average Bonchev–Trinajstić information content (AvgIpc) is 3.33. The maximum atomic E-state index is 13.5. The first-order valence-electron chi connectivity index (χ1n) is 12.2. The van der Waals surface area contributed by atoms with Gasteiger partial charge in [0.2, 0.25) is 5.27 Å². The number of aliphatic imine (C=N–C) groups is 1. The number of aliphatic hydroxyl groups excluding tert-OH is 1. The molecule has 0 spiro atoms. The van der Waals surface area contributed by atoms with E-state index in [1.165, 1.54) is 12.3 Å². The number of halogens is 3. The highest BCUT2D eigenvalue weighted by molar-refractivity contribution is 5.99. The van der Waals surface area contributed by atoms with Gasteiger partial charge in [0.25, 0.3) is 6.20 Å². The minimum Gasteiger partial charge on any atom is -0.861 e. The van der Waals surface area contributed by atoms with Crippen LogP contribution in [-0.4, -0.2) is 28.9 Å². The Morgan fingerprint density at radius 2 is 1.92 bits per heavy atom. The average molecular weight is 532 g/mol. The molecule has 1 aliphatic carbocycles. The maximum Gasteiger partial charge on any atom is 0.416 e. The lowest BCUT2D eigenvalue weighted by atomic mass is 9.87. The number of carbonyl (C=O) groups excluding carboxylic acids is 1. The van der Waals surface area contributed by atoms with Crippen molar-refractivity contribution in [3.05, 3.63) is 65.4 Å². The molecule has 12 heteroatoms. The molecular formula is C26H28F3N5O4. The van der Waals surface area contributed by atoms with Crippen LogP contribution in [0, 0.1) is 12.8 Å². The summed E-state index contributed by atoms with van der Waals surface area (Å²) >= 11 is 0. The third-order valence-electron chi connectivity index (χ3n) is 6.53. The molecule has 9 nitrogen and oxygen atoms in total. The van der Waals surface area contributed by atoms with Crippen LogP contribution in [0.5, 0.6) is 0 Å². The van der Waals surface area contributed by atoms with Crippen molar-refractivity contribution in [1.29, 1.82) is 0 Å². The van der Waals surface area contributed by atoms with Crippen LogP contribution in [0.15, 0.2) is 58.2 Å². The van der Waals surface area contributed by atoms with Gasteiger partial charge >= 0.3 is 18.1 Å². The lowest BCUT2D eigenvalue weighted by Gasteiger charge is -2.21. The lowest BCUT2D eigenvalue weighted by molar-refractivity contribution is -0.787.